The van der Waals surface area contributed by atoms with E-state index < -0.39 is 16.4 Å². The van der Waals surface area contributed by atoms with Gasteiger partial charge in [-0.05, 0) is 15.9 Å². The van der Waals surface area contributed by atoms with Gasteiger partial charge in [-0.2, -0.15) is 4.39 Å². The molecule has 13 heavy (non-hydrogen) atoms. The van der Waals surface area contributed by atoms with Gasteiger partial charge < -0.3 is 4.98 Å². The van der Waals surface area contributed by atoms with Crippen LogP contribution in [-0.4, -0.2) is 9.97 Å². The maximum absolute atomic E-state index is 12.9. The summed E-state index contributed by atoms with van der Waals surface area (Å²) in [5.41, 5.74) is -1.01. The smallest absolute Gasteiger partial charge is 0.305 e. The molecular weight excluding hydrogens is 263 g/mol. The molecule has 2 N–H and O–H groups in total. The van der Waals surface area contributed by atoms with Crippen molar-refractivity contribution in [3.8, 4) is 0 Å². The van der Waals surface area contributed by atoms with Crippen molar-refractivity contribution < 1.29 is 4.39 Å². The fourth-order valence-corrected chi connectivity index (χ4v) is 2.40. The van der Waals surface area contributed by atoms with E-state index in [1.165, 1.54) is 0 Å². The van der Waals surface area contributed by atoms with Gasteiger partial charge in [0, 0.05) is 0 Å². The van der Waals surface area contributed by atoms with E-state index in [-0.39, 0.29) is 14.7 Å². The van der Waals surface area contributed by atoms with Crippen LogP contribution >= 0.6 is 27.3 Å². The average Bonchev–Trinajstić information content (AvgIpc) is 2.32. The molecule has 7 heteroatoms. The molecule has 68 valence electrons. The Balaban J connectivity index is 3.12. The highest BCUT2D eigenvalue weighted by Crippen LogP contribution is 2.29. The molecule has 0 aromatic carbocycles. The summed E-state index contributed by atoms with van der Waals surface area (Å²) in [6, 6.07) is 0. The molecule has 2 heterocycles. The third kappa shape index (κ3) is 1.24. The van der Waals surface area contributed by atoms with Crippen LogP contribution in [0.15, 0.2) is 14.1 Å². The second-order valence-corrected chi connectivity index (χ2v) is 4.07. The van der Waals surface area contributed by atoms with Crippen LogP contribution < -0.4 is 11.2 Å². The van der Waals surface area contributed by atoms with E-state index in [1.807, 2.05) is 4.98 Å². The highest BCUT2D eigenvalue weighted by atomic mass is 79.9. The van der Waals surface area contributed by atoms with Crippen LogP contribution in [0.3, 0.4) is 0 Å². The summed E-state index contributed by atoms with van der Waals surface area (Å²) in [7, 11) is 0. The van der Waals surface area contributed by atoms with Crippen LogP contribution in [0.5, 0.6) is 0 Å². The van der Waals surface area contributed by atoms with Crippen LogP contribution in [0, 0.1) is 5.13 Å². The van der Waals surface area contributed by atoms with Crippen molar-refractivity contribution in [2.45, 2.75) is 0 Å². The van der Waals surface area contributed by atoms with Crippen molar-refractivity contribution in [3.63, 3.8) is 0 Å². The van der Waals surface area contributed by atoms with Crippen molar-refractivity contribution in [2.75, 3.05) is 0 Å². The second kappa shape index (κ2) is 2.78. The summed E-state index contributed by atoms with van der Waals surface area (Å²) >= 11 is 3.62. The van der Waals surface area contributed by atoms with Gasteiger partial charge in [0.1, 0.15) is 4.70 Å². The number of hydrogen-bond acceptors (Lipinski definition) is 3. The van der Waals surface area contributed by atoms with Gasteiger partial charge in [0.05, 0.1) is 9.99 Å². The van der Waals surface area contributed by atoms with E-state index in [0.717, 1.165) is 0 Å². The minimum Gasteiger partial charge on any atom is -0.305 e. The van der Waals surface area contributed by atoms with E-state index in [9.17, 15) is 14.0 Å². The predicted molar refractivity (Wildman–Crippen MR) is 50.7 cm³/mol. The molecule has 0 aliphatic carbocycles. The summed E-state index contributed by atoms with van der Waals surface area (Å²) in [4.78, 5) is 26.3. The lowest BCUT2D eigenvalue weighted by atomic mass is 10.5. The number of halogens is 2. The molecule has 2 rings (SSSR count). The fraction of sp³-hybridized carbons (Fsp3) is 0. The highest BCUT2D eigenvalue weighted by Gasteiger charge is 2.12. The zero-order chi connectivity index (χ0) is 9.59. The number of rotatable bonds is 0. The number of hydrogen-bond donors (Lipinski definition) is 2. The maximum atomic E-state index is 12.9. The summed E-state index contributed by atoms with van der Waals surface area (Å²) in [6.45, 7) is 0. The van der Waals surface area contributed by atoms with E-state index in [1.54, 1.807) is 0 Å². The van der Waals surface area contributed by atoms with Gasteiger partial charge in [0.2, 0.25) is 0 Å². The molecule has 2 aromatic heterocycles. The molecule has 0 spiro atoms. The molecule has 0 bridgehead atoms. The Morgan fingerprint density at radius 1 is 1.31 bits per heavy atom. The van der Waals surface area contributed by atoms with Crippen molar-refractivity contribution >= 4 is 37.5 Å². The Hall–Kier alpha value is -0.950. The third-order valence-electron chi connectivity index (χ3n) is 1.48. The lowest BCUT2D eigenvalue weighted by molar-refractivity contribution is 0.652. The van der Waals surface area contributed by atoms with Crippen LogP contribution in [0.1, 0.15) is 0 Å². The Morgan fingerprint density at radius 3 is 2.69 bits per heavy atom. The van der Waals surface area contributed by atoms with Crippen molar-refractivity contribution in [2.24, 2.45) is 0 Å². The topological polar surface area (TPSA) is 65.7 Å². The Labute approximate surface area is 82.5 Å². The van der Waals surface area contributed by atoms with Gasteiger partial charge in [0.15, 0.2) is 5.13 Å². The summed E-state index contributed by atoms with van der Waals surface area (Å²) in [6.07, 6.45) is 0. The molecule has 0 unspecified atom stereocenters. The summed E-state index contributed by atoms with van der Waals surface area (Å²) in [5.74, 6) is 0. The standard InChI is InChI=1S/C6H2BrFN2O2S/c7-1-2-3(13-4(1)8)5(11)10-6(12)9-2/h(H2,9,10,11,12). The Bertz CT molecular complexity index is 584. The third-order valence-corrected chi connectivity index (χ3v) is 3.47. The van der Waals surface area contributed by atoms with Gasteiger partial charge >= 0.3 is 5.69 Å². The first-order valence-electron chi connectivity index (χ1n) is 3.19. The van der Waals surface area contributed by atoms with E-state index in [0.29, 0.717) is 11.3 Å². The predicted octanol–water partition coefficient (Wildman–Crippen LogP) is 1.18. The molecule has 0 aliphatic rings. The van der Waals surface area contributed by atoms with Gasteiger partial charge in [0.25, 0.3) is 5.56 Å². The second-order valence-electron chi connectivity index (χ2n) is 2.30. The quantitative estimate of drug-likeness (QED) is 0.751. The minimum absolute atomic E-state index is 0.121. The molecule has 0 saturated heterocycles. The molecule has 0 aliphatic heterocycles. The monoisotopic (exact) mass is 264 g/mol. The van der Waals surface area contributed by atoms with Crippen LogP contribution in [0.25, 0.3) is 10.2 Å². The molecule has 0 radical (unpaired) electrons. The molecule has 4 nitrogen and oxygen atoms in total. The first kappa shape index (κ1) is 8.64. The van der Waals surface area contributed by atoms with E-state index in [4.69, 9.17) is 0 Å². The first-order valence-corrected chi connectivity index (χ1v) is 4.80. The largest absolute Gasteiger partial charge is 0.326 e. The molecule has 0 fully saturated rings. The zero-order valence-corrected chi connectivity index (χ0v) is 8.38. The highest BCUT2D eigenvalue weighted by molar-refractivity contribution is 9.10. The fourth-order valence-electron chi connectivity index (χ4n) is 0.960. The molecular formula is C6H2BrFN2O2S. The van der Waals surface area contributed by atoms with Crippen LogP contribution in [-0.2, 0) is 0 Å². The number of aromatic nitrogens is 2. The summed E-state index contributed by atoms with van der Waals surface area (Å²) in [5, 5.41) is -0.526. The number of nitrogens with one attached hydrogen (secondary N) is 2. The minimum atomic E-state index is -0.643. The molecule has 0 amide bonds. The molecule has 2 aromatic rings. The van der Waals surface area contributed by atoms with Crippen LogP contribution in [0.2, 0.25) is 0 Å². The number of H-pyrrole nitrogens is 2. The van der Waals surface area contributed by atoms with E-state index >= 15 is 0 Å². The SMILES string of the molecule is O=c1[nH]c(=O)c2sc(F)c(Br)c2[nH]1. The van der Waals surface area contributed by atoms with Crippen molar-refractivity contribution in [1.29, 1.82) is 0 Å². The number of thiophene rings is 1. The average molecular weight is 265 g/mol. The lowest BCUT2D eigenvalue weighted by Gasteiger charge is -1.87. The van der Waals surface area contributed by atoms with Gasteiger partial charge in [-0.3, -0.25) is 9.78 Å². The number of fused-ring (bicyclic) bond motifs is 1. The first-order chi connectivity index (χ1) is 6.09. The van der Waals surface area contributed by atoms with Gasteiger partial charge in [-0.25, -0.2) is 4.79 Å². The Morgan fingerprint density at radius 2 is 2.00 bits per heavy atom. The summed E-state index contributed by atoms with van der Waals surface area (Å²) < 4.78 is 13.2. The lowest BCUT2D eigenvalue weighted by Crippen LogP contribution is -2.20. The van der Waals surface area contributed by atoms with Crippen molar-refractivity contribution in [3.05, 3.63) is 30.4 Å². The Kier molecular flexibility index (Phi) is 1.85. The normalized spacial score (nSPS) is 10.9. The van der Waals surface area contributed by atoms with Crippen LogP contribution in [0.4, 0.5) is 4.39 Å². The van der Waals surface area contributed by atoms with Crippen molar-refractivity contribution in [1.82, 2.24) is 9.97 Å². The maximum Gasteiger partial charge on any atom is 0.326 e. The molecule has 0 atom stereocenters. The van der Waals surface area contributed by atoms with Gasteiger partial charge in [-0.1, -0.05) is 11.3 Å². The molecule has 0 saturated carbocycles. The van der Waals surface area contributed by atoms with Gasteiger partial charge in [-0.15, -0.1) is 0 Å². The zero-order valence-electron chi connectivity index (χ0n) is 5.98. The van der Waals surface area contributed by atoms with E-state index in [2.05, 4.69) is 20.9 Å². The number of aromatic amines is 2.